The molecule has 0 aliphatic carbocycles. The Balaban J connectivity index is 3.41. The Kier molecular flexibility index (Phi) is 2.48. The van der Waals surface area contributed by atoms with Gasteiger partial charge in [0.25, 0.3) is 0 Å². The molecule has 1 aromatic heterocycles. The Morgan fingerprint density at radius 3 is 2.60 bits per heavy atom. The Labute approximate surface area is 85.5 Å². The Bertz CT molecular complexity index is 422. The summed E-state index contributed by atoms with van der Waals surface area (Å²) in [6, 6.07) is 0. The van der Waals surface area contributed by atoms with Gasteiger partial charge in [0.15, 0.2) is 0 Å². The van der Waals surface area contributed by atoms with E-state index in [0.29, 0.717) is 0 Å². The van der Waals surface area contributed by atoms with Crippen LogP contribution in [-0.4, -0.2) is 25.8 Å². The van der Waals surface area contributed by atoms with Crippen LogP contribution in [0.4, 0.5) is 5.69 Å². The minimum Gasteiger partial charge on any atom is -0.481 e. The first kappa shape index (κ1) is 11.2. The molecule has 7 heteroatoms. The number of nitrogens with zero attached hydrogens (tertiary/aromatic N) is 3. The van der Waals surface area contributed by atoms with Crippen LogP contribution < -0.4 is 0 Å². The molecule has 1 rings (SSSR count). The summed E-state index contributed by atoms with van der Waals surface area (Å²) >= 11 is 0. The molecule has 1 aromatic rings. The van der Waals surface area contributed by atoms with E-state index in [1.54, 1.807) is 0 Å². The largest absolute Gasteiger partial charge is 0.481 e. The number of hydrogen-bond acceptors (Lipinski definition) is 4. The van der Waals surface area contributed by atoms with Crippen molar-refractivity contribution in [2.75, 3.05) is 0 Å². The average Bonchev–Trinajstić information content (AvgIpc) is 2.47. The van der Waals surface area contributed by atoms with Gasteiger partial charge in [0.2, 0.25) is 0 Å². The van der Waals surface area contributed by atoms with Gasteiger partial charge in [-0.15, -0.1) is 0 Å². The topological polar surface area (TPSA) is 98.3 Å². The molecule has 0 saturated heterocycles. The molecule has 0 atom stereocenters. The van der Waals surface area contributed by atoms with Crippen molar-refractivity contribution in [1.29, 1.82) is 0 Å². The predicted octanol–water partition coefficient (Wildman–Crippen LogP) is 0.690. The number of nitro groups is 1. The van der Waals surface area contributed by atoms with Gasteiger partial charge in [-0.05, 0) is 13.8 Å². The smallest absolute Gasteiger partial charge is 0.315 e. The minimum absolute atomic E-state index is 0.0833. The Morgan fingerprint density at radius 1 is 1.67 bits per heavy atom. The van der Waals surface area contributed by atoms with Gasteiger partial charge in [-0.2, -0.15) is 5.10 Å². The van der Waals surface area contributed by atoms with Crippen molar-refractivity contribution < 1.29 is 14.8 Å². The van der Waals surface area contributed by atoms with Crippen LogP contribution in [0.2, 0.25) is 0 Å². The molecule has 0 spiro atoms. The third-order valence-electron chi connectivity index (χ3n) is 2.24. The van der Waals surface area contributed by atoms with Gasteiger partial charge in [0, 0.05) is 7.05 Å². The van der Waals surface area contributed by atoms with E-state index in [9.17, 15) is 14.9 Å². The SMILES string of the molecule is Cn1ncc([N+](=O)[O-])c1C(C)(C)C(=O)O. The van der Waals surface area contributed by atoms with Gasteiger partial charge in [-0.1, -0.05) is 0 Å². The van der Waals surface area contributed by atoms with Crippen molar-refractivity contribution in [3.63, 3.8) is 0 Å². The van der Waals surface area contributed by atoms with Crippen LogP contribution >= 0.6 is 0 Å². The van der Waals surface area contributed by atoms with Crippen LogP contribution in [0.5, 0.6) is 0 Å². The second kappa shape index (κ2) is 3.34. The number of aliphatic carboxylic acids is 1. The highest BCUT2D eigenvalue weighted by atomic mass is 16.6. The Morgan fingerprint density at radius 2 is 2.20 bits per heavy atom. The fourth-order valence-corrected chi connectivity index (χ4v) is 1.39. The fourth-order valence-electron chi connectivity index (χ4n) is 1.39. The molecule has 0 aliphatic rings. The summed E-state index contributed by atoms with van der Waals surface area (Å²) in [5.74, 6) is -1.13. The third-order valence-corrected chi connectivity index (χ3v) is 2.24. The second-order valence-corrected chi connectivity index (χ2v) is 3.69. The van der Waals surface area contributed by atoms with Crippen LogP contribution in [-0.2, 0) is 17.3 Å². The Hall–Kier alpha value is -1.92. The lowest BCUT2D eigenvalue weighted by molar-refractivity contribution is -0.386. The molecule has 0 unspecified atom stereocenters. The highest BCUT2D eigenvalue weighted by molar-refractivity contribution is 5.81. The van der Waals surface area contributed by atoms with Crippen LogP contribution in [0.3, 0.4) is 0 Å². The van der Waals surface area contributed by atoms with Gasteiger partial charge in [0.1, 0.15) is 17.3 Å². The van der Waals surface area contributed by atoms with E-state index in [0.717, 1.165) is 6.20 Å². The van der Waals surface area contributed by atoms with Gasteiger partial charge in [0.05, 0.1) is 4.92 Å². The first-order chi connectivity index (χ1) is 6.78. The maximum Gasteiger partial charge on any atom is 0.315 e. The molecule has 15 heavy (non-hydrogen) atoms. The van der Waals surface area contributed by atoms with Crippen LogP contribution in [0.25, 0.3) is 0 Å². The molecule has 0 aromatic carbocycles. The zero-order valence-electron chi connectivity index (χ0n) is 8.59. The molecule has 1 heterocycles. The van der Waals surface area contributed by atoms with Crippen LogP contribution in [0, 0.1) is 10.1 Å². The van der Waals surface area contributed by atoms with Crippen molar-refractivity contribution in [1.82, 2.24) is 9.78 Å². The summed E-state index contributed by atoms with van der Waals surface area (Å²) in [4.78, 5) is 21.0. The van der Waals surface area contributed by atoms with Gasteiger partial charge in [-0.3, -0.25) is 19.6 Å². The number of aromatic nitrogens is 2. The number of hydrogen-bond donors (Lipinski definition) is 1. The molecule has 0 radical (unpaired) electrons. The highest BCUT2D eigenvalue weighted by Crippen LogP contribution is 2.30. The molecule has 82 valence electrons. The van der Waals surface area contributed by atoms with E-state index in [2.05, 4.69) is 5.10 Å². The zero-order chi connectivity index (χ0) is 11.8. The van der Waals surface area contributed by atoms with Gasteiger partial charge in [-0.25, -0.2) is 0 Å². The standard InChI is InChI=1S/C8H11N3O4/c1-8(2,7(12)13)6-5(11(14)15)4-9-10(6)3/h4H,1-3H3,(H,12,13). The second-order valence-electron chi connectivity index (χ2n) is 3.69. The molecule has 7 nitrogen and oxygen atoms in total. The number of carboxylic acid groups (broad SMARTS) is 1. The number of rotatable bonds is 3. The van der Waals surface area contributed by atoms with Crippen molar-refractivity contribution in [3.05, 3.63) is 22.0 Å². The van der Waals surface area contributed by atoms with E-state index in [1.165, 1.54) is 25.6 Å². The van der Waals surface area contributed by atoms with E-state index < -0.39 is 16.3 Å². The molecule has 1 N–H and O–H groups in total. The van der Waals surface area contributed by atoms with Crippen molar-refractivity contribution in [2.24, 2.45) is 7.05 Å². The lowest BCUT2D eigenvalue weighted by Gasteiger charge is -2.18. The summed E-state index contributed by atoms with van der Waals surface area (Å²) < 4.78 is 1.21. The third kappa shape index (κ3) is 1.67. The monoisotopic (exact) mass is 213 g/mol. The lowest BCUT2D eigenvalue weighted by Crippen LogP contribution is -2.31. The van der Waals surface area contributed by atoms with E-state index in [4.69, 9.17) is 5.11 Å². The maximum absolute atomic E-state index is 11.0. The van der Waals surface area contributed by atoms with E-state index in [1.807, 2.05) is 0 Å². The minimum atomic E-state index is -1.34. The quantitative estimate of drug-likeness (QED) is 0.588. The molecule has 0 bridgehead atoms. The summed E-state index contributed by atoms with van der Waals surface area (Å²) in [6.45, 7) is 2.80. The fraction of sp³-hybridized carbons (Fsp3) is 0.500. The first-order valence-corrected chi connectivity index (χ1v) is 4.18. The molecule has 0 aliphatic heterocycles. The lowest BCUT2D eigenvalue weighted by atomic mass is 9.88. The van der Waals surface area contributed by atoms with Crippen LogP contribution in [0.1, 0.15) is 19.5 Å². The molecule has 0 fully saturated rings. The summed E-state index contributed by atoms with van der Waals surface area (Å²) in [6.07, 6.45) is 1.06. The molecular formula is C8H11N3O4. The number of carboxylic acids is 1. The molecular weight excluding hydrogens is 202 g/mol. The van der Waals surface area contributed by atoms with E-state index in [-0.39, 0.29) is 11.4 Å². The highest BCUT2D eigenvalue weighted by Gasteiger charge is 2.39. The average molecular weight is 213 g/mol. The van der Waals surface area contributed by atoms with E-state index >= 15 is 0 Å². The van der Waals surface area contributed by atoms with Crippen LogP contribution in [0.15, 0.2) is 6.20 Å². The summed E-state index contributed by atoms with van der Waals surface area (Å²) in [5, 5.41) is 23.3. The number of carbonyl (C=O) groups is 1. The maximum atomic E-state index is 11.0. The molecule has 0 saturated carbocycles. The summed E-state index contributed by atoms with van der Waals surface area (Å²) in [7, 11) is 1.48. The van der Waals surface area contributed by atoms with Crippen molar-refractivity contribution in [3.8, 4) is 0 Å². The molecule has 0 amide bonds. The van der Waals surface area contributed by atoms with Crippen molar-refractivity contribution >= 4 is 11.7 Å². The normalized spacial score (nSPS) is 11.4. The van der Waals surface area contributed by atoms with Crippen molar-refractivity contribution in [2.45, 2.75) is 19.3 Å². The number of aryl methyl sites for hydroxylation is 1. The van der Waals surface area contributed by atoms with Gasteiger partial charge >= 0.3 is 11.7 Å². The predicted molar refractivity (Wildman–Crippen MR) is 50.5 cm³/mol. The first-order valence-electron chi connectivity index (χ1n) is 4.18. The zero-order valence-corrected chi connectivity index (χ0v) is 8.59. The van der Waals surface area contributed by atoms with Gasteiger partial charge < -0.3 is 5.11 Å². The summed E-state index contributed by atoms with van der Waals surface area (Å²) in [5.41, 5.74) is -1.53.